The van der Waals surface area contributed by atoms with Gasteiger partial charge in [-0.05, 0) is 48.6 Å². The molecule has 2 unspecified atom stereocenters. The Morgan fingerprint density at radius 1 is 1.23 bits per heavy atom. The summed E-state index contributed by atoms with van der Waals surface area (Å²) in [6, 6.07) is 16.4. The summed E-state index contributed by atoms with van der Waals surface area (Å²) in [5.41, 5.74) is 2.74. The fourth-order valence-electron chi connectivity index (χ4n) is 3.20. The maximum absolute atomic E-state index is 11.0. The van der Waals surface area contributed by atoms with Gasteiger partial charge in [-0.15, -0.1) is 0 Å². The van der Waals surface area contributed by atoms with E-state index in [-0.39, 0.29) is 6.04 Å². The van der Waals surface area contributed by atoms with Gasteiger partial charge in [0.15, 0.2) is 0 Å². The molecule has 3 heteroatoms. The third-order valence-corrected chi connectivity index (χ3v) is 4.62. The lowest BCUT2D eigenvalue weighted by molar-refractivity contribution is 0.0363. The molecule has 0 saturated heterocycles. The van der Waals surface area contributed by atoms with Crippen LogP contribution in [0.25, 0.3) is 0 Å². The van der Waals surface area contributed by atoms with E-state index in [1.807, 2.05) is 36.4 Å². The van der Waals surface area contributed by atoms with Crippen LogP contribution in [-0.2, 0) is 12.0 Å². The Labute approximate surface area is 131 Å². The summed E-state index contributed by atoms with van der Waals surface area (Å²) in [6.07, 6.45) is 1.73. The summed E-state index contributed by atoms with van der Waals surface area (Å²) >= 11 is 0. The van der Waals surface area contributed by atoms with Gasteiger partial charge in [-0.2, -0.15) is 0 Å². The zero-order chi connectivity index (χ0) is 15.6. The van der Waals surface area contributed by atoms with Crippen LogP contribution in [0.1, 0.15) is 36.1 Å². The van der Waals surface area contributed by atoms with Gasteiger partial charge in [-0.3, -0.25) is 0 Å². The average molecular weight is 297 g/mol. The molecular formula is C19H23NO2. The summed E-state index contributed by atoms with van der Waals surface area (Å²) in [4.78, 5) is 0. The van der Waals surface area contributed by atoms with Gasteiger partial charge in [0.2, 0.25) is 0 Å². The first kappa shape index (κ1) is 15.1. The second kappa shape index (κ2) is 6.11. The van der Waals surface area contributed by atoms with Gasteiger partial charge in [0.05, 0.1) is 7.11 Å². The van der Waals surface area contributed by atoms with Crippen molar-refractivity contribution >= 4 is 0 Å². The van der Waals surface area contributed by atoms with E-state index in [0.29, 0.717) is 6.54 Å². The molecule has 0 heterocycles. The first-order valence-corrected chi connectivity index (χ1v) is 7.80. The van der Waals surface area contributed by atoms with Crippen molar-refractivity contribution < 1.29 is 9.84 Å². The summed E-state index contributed by atoms with van der Waals surface area (Å²) in [5.74, 6) is 0.857. The molecule has 0 aromatic heterocycles. The largest absolute Gasteiger partial charge is 0.497 e. The predicted octanol–water partition coefficient (Wildman–Crippen LogP) is 3.18. The molecule has 3 nitrogen and oxygen atoms in total. The molecule has 2 N–H and O–H groups in total. The second-order valence-corrected chi connectivity index (χ2v) is 6.07. The van der Waals surface area contributed by atoms with Crippen LogP contribution in [0.5, 0.6) is 5.75 Å². The number of rotatable bonds is 5. The first-order chi connectivity index (χ1) is 10.6. The van der Waals surface area contributed by atoms with Crippen molar-refractivity contribution in [2.45, 2.75) is 31.4 Å². The van der Waals surface area contributed by atoms with Gasteiger partial charge >= 0.3 is 0 Å². The molecule has 2 aromatic rings. The number of fused-ring (bicyclic) bond motifs is 1. The third-order valence-electron chi connectivity index (χ3n) is 4.62. The molecule has 0 fully saturated rings. The van der Waals surface area contributed by atoms with Crippen LogP contribution in [0.3, 0.4) is 0 Å². The van der Waals surface area contributed by atoms with E-state index in [4.69, 9.17) is 4.74 Å². The van der Waals surface area contributed by atoms with Crippen LogP contribution in [-0.4, -0.2) is 18.8 Å². The Kier molecular flexibility index (Phi) is 4.19. The zero-order valence-corrected chi connectivity index (χ0v) is 13.2. The van der Waals surface area contributed by atoms with Crippen molar-refractivity contribution in [3.63, 3.8) is 0 Å². The highest BCUT2D eigenvalue weighted by molar-refractivity contribution is 5.37. The molecule has 0 spiro atoms. The molecule has 1 aliphatic carbocycles. The fraction of sp³-hybridized carbons (Fsp3) is 0.368. The maximum atomic E-state index is 11.0. The molecule has 2 aromatic carbocycles. The molecule has 22 heavy (non-hydrogen) atoms. The molecule has 0 aliphatic heterocycles. The number of hydrogen-bond acceptors (Lipinski definition) is 3. The van der Waals surface area contributed by atoms with Gasteiger partial charge in [0.1, 0.15) is 11.4 Å². The highest BCUT2D eigenvalue weighted by atomic mass is 16.5. The lowest BCUT2D eigenvalue weighted by Crippen LogP contribution is -2.37. The minimum atomic E-state index is -0.760. The van der Waals surface area contributed by atoms with Crippen molar-refractivity contribution in [3.05, 3.63) is 65.2 Å². The van der Waals surface area contributed by atoms with Crippen molar-refractivity contribution in [2.75, 3.05) is 13.7 Å². The minimum Gasteiger partial charge on any atom is -0.497 e. The molecule has 0 saturated carbocycles. The van der Waals surface area contributed by atoms with Crippen molar-refractivity contribution in [2.24, 2.45) is 0 Å². The zero-order valence-electron chi connectivity index (χ0n) is 13.2. The van der Waals surface area contributed by atoms with E-state index in [2.05, 4.69) is 24.4 Å². The first-order valence-electron chi connectivity index (χ1n) is 7.80. The maximum Gasteiger partial charge on any atom is 0.119 e. The van der Waals surface area contributed by atoms with Crippen LogP contribution in [0.4, 0.5) is 0 Å². The SMILES string of the molecule is COc1cccc(C(C)NCC2(O)CCc3ccccc32)c1. The molecular weight excluding hydrogens is 274 g/mol. The van der Waals surface area contributed by atoms with Gasteiger partial charge in [0, 0.05) is 12.6 Å². The van der Waals surface area contributed by atoms with Crippen LogP contribution >= 0.6 is 0 Å². The summed E-state index contributed by atoms with van der Waals surface area (Å²) in [7, 11) is 1.68. The van der Waals surface area contributed by atoms with Crippen LogP contribution < -0.4 is 10.1 Å². The van der Waals surface area contributed by atoms with Gasteiger partial charge < -0.3 is 15.2 Å². The van der Waals surface area contributed by atoms with E-state index >= 15 is 0 Å². The Morgan fingerprint density at radius 3 is 2.86 bits per heavy atom. The van der Waals surface area contributed by atoms with Crippen molar-refractivity contribution in [1.29, 1.82) is 0 Å². The summed E-state index contributed by atoms with van der Waals surface area (Å²) < 4.78 is 5.27. The Bertz CT molecular complexity index is 655. The summed E-state index contributed by atoms with van der Waals surface area (Å²) in [6.45, 7) is 2.67. The number of benzene rings is 2. The topological polar surface area (TPSA) is 41.5 Å². The number of aliphatic hydroxyl groups is 1. The number of aryl methyl sites for hydroxylation is 1. The van der Waals surface area contributed by atoms with Crippen LogP contribution in [0.15, 0.2) is 48.5 Å². The molecule has 0 amide bonds. The third kappa shape index (κ3) is 2.87. The van der Waals surface area contributed by atoms with Gasteiger partial charge in [-0.25, -0.2) is 0 Å². The highest BCUT2D eigenvalue weighted by Gasteiger charge is 2.36. The van der Waals surface area contributed by atoms with Crippen LogP contribution in [0, 0.1) is 0 Å². The number of nitrogens with one attached hydrogen (secondary N) is 1. The van der Waals surface area contributed by atoms with Gasteiger partial charge in [0.25, 0.3) is 0 Å². The van der Waals surface area contributed by atoms with E-state index in [1.54, 1.807) is 7.11 Å². The predicted molar refractivity (Wildman–Crippen MR) is 88.1 cm³/mol. The van der Waals surface area contributed by atoms with Crippen molar-refractivity contribution in [3.8, 4) is 5.75 Å². The molecule has 3 rings (SSSR count). The molecule has 116 valence electrons. The summed E-state index contributed by atoms with van der Waals surface area (Å²) in [5, 5.41) is 14.4. The number of methoxy groups -OCH3 is 1. The Balaban J connectivity index is 1.70. The Morgan fingerprint density at radius 2 is 2.05 bits per heavy atom. The van der Waals surface area contributed by atoms with E-state index in [0.717, 1.165) is 29.7 Å². The lowest BCUT2D eigenvalue weighted by atomic mass is 9.95. The normalized spacial score (nSPS) is 21.4. The molecule has 1 aliphatic rings. The monoisotopic (exact) mass is 297 g/mol. The standard InChI is InChI=1S/C19H23NO2/c1-14(16-7-5-8-17(12-16)22-2)20-13-19(21)11-10-15-6-3-4-9-18(15)19/h3-9,12,14,20-21H,10-11,13H2,1-2H3. The number of hydrogen-bond donors (Lipinski definition) is 2. The number of ether oxygens (including phenoxy) is 1. The fourth-order valence-corrected chi connectivity index (χ4v) is 3.20. The second-order valence-electron chi connectivity index (χ2n) is 6.07. The van der Waals surface area contributed by atoms with Crippen LogP contribution in [0.2, 0.25) is 0 Å². The minimum absolute atomic E-state index is 0.159. The molecule has 0 bridgehead atoms. The smallest absolute Gasteiger partial charge is 0.119 e. The quantitative estimate of drug-likeness (QED) is 0.890. The average Bonchev–Trinajstić information content (AvgIpc) is 2.91. The lowest BCUT2D eigenvalue weighted by Gasteiger charge is -2.27. The van der Waals surface area contributed by atoms with E-state index < -0.39 is 5.60 Å². The van der Waals surface area contributed by atoms with Crippen molar-refractivity contribution in [1.82, 2.24) is 5.32 Å². The molecule has 2 atom stereocenters. The molecule has 0 radical (unpaired) electrons. The van der Waals surface area contributed by atoms with Gasteiger partial charge in [-0.1, -0.05) is 36.4 Å². The highest BCUT2D eigenvalue weighted by Crippen LogP contribution is 2.36. The van der Waals surface area contributed by atoms with E-state index in [9.17, 15) is 5.11 Å². The van der Waals surface area contributed by atoms with E-state index in [1.165, 1.54) is 5.56 Å². The Hall–Kier alpha value is -1.84.